The first-order valence-corrected chi connectivity index (χ1v) is 10.9. The van der Waals surface area contributed by atoms with Crippen LogP contribution in [0.2, 0.25) is 0 Å². The van der Waals surface area contributed by atoms with Crippen molar-refractivity contribution in [3.63, 3.8) is 0 Å². The molecule has 3 atom stereocenters. The van der Waals surface area contributed by atoms with Gasteiger partial charge in [0.15, 0.2) is 0 Å². The van der Waals surface area contributed by atoms with E-state index in [1.54, 1.807) is 28.6 Å². The normalized spacial score (nSPS) is 24.2. The molecular formula is C22H22N2O4S. The summed E-state index contributed by atoms with van der Waals surface area (Å²) in [6.45, 7) is 4.29. The lowest BCUT2D eigenvalue weighted by Crippen LogP contribution is -2.46. The summed E-state index contributed by atoms with van der Waals surface area (Å²) in [5.41, 5.74) is 2.95. The second-order valence-corrected chi connectivity index (χ2v) is 9.55. The summed E-state index contributed by atoms with van der Waals surface area (Å²) in [6, 6.07) is 13.1. The van der Waals surface area contributed by atoms with E-state index in [4.69, 9.17) is 0 Å². The van der Waals surface area contributed by atoms with Gasteiger partial charge in [-0.2, -0.15) is 4.31 Å². The molecule has 150 valence electrons. The molecule has 0 saturated carbocycles. The Morgan fingerprint density at radius 1 is 1.03 bits per heavy atom. The molecule has 5 rings (SSSR count). The van der Waals surface area contributed by atoms with Gasteiger partial charge in [-0.15, -0.1) is 0 Å². The summed E-state index contributed by atoms with van der Waals surface area (Å²) in [4.78, 5) is 10.8. The van der Waals surface area contributed by atoms with E-state index in [1.807, 2.05) is 32.1 Å². The predicted octanol–water partition coefficient (Wildman–Crippen LogP) is 4.18. The van der Waals surface area contributed by atoms with Gasteiger partial charge in [-0.25, -0.2) is 8.42 Å². The minimum absolute atomic E-state index is 0.0239. The Kier molecular flexibility index (Phi) is 4.88. The van der Waals surface area contributed by atoms with Crippen LogP contribution in [0, 0.1) is 28.9 Å². The summed E-state index contributed by atoms with van der Waals surface area (Å²) in [5, 5.41) is 10.9. The number of hydrogen-bond acceptors (Lipinski definition) is 4. The molecule has 29 heavy (non-hydrogen) atoms. The van der Waals surface area contributed by atoms with Crippen molar-refractivity contribution >= 4 is 21.3 Å². The second-order valence-electron chi connectivity index (χ2n) is 7.65. The van der Waals surface area contributed by atoms with Crippen LogP contribution in [0.4, 0.5) is 5.69 Å². The molecule has 0 aromatic heterocycles. The quantitative estimate of drug-likeness (QED) is 0.430. The van der Waals surface area contributed by atoms with E-state index < -0.39 is 14.9 Å². The van der Waals surface area contributed by atoms with E-state index >= 15 is 0 Å². The molecule has 3 aliphatic rings. The van der Waals surface area contributed by atoms with Crippen LogP contribution in [0.3, 0.4) is 0 Å². The zero-order valence-corrected chi connectivity index (χ0v) is 17.0. The maximum Gasteiger partial charge on any atom is 0.269 e. The van der Waals surface area contributed by atoms with Gasteiger partial charge in [-0.3, -0.25) is 10.1 Å². The number of nitro benzene ring substituents is 1. The Morgan fingerprint density at radius 3 is 2.31 bits per heavy atom. The van der Waals surface area contributed by atoms with E-state index in [0.717, 1.165) is 16.7 Å². The van der Waals surface area contributed by atoms with Gasteiger partial charge in [-0.1, -0.05) is 42.8 Å². The number of benzene rings is 2. The summed E-state index contributed by atoms with van der Waals surface area (Å²) in [6.07, 6.45) is 6.13. The molecule has 0 amide bonds. The number of hydrogen-bond donors (Lipinski definition) is 0. The topological polar surface area (TPSA) is 80.5 Å². The molecule has 2 aromatic carbocycles. The first-order chi connectivity index (χ1) is 13.8. The largest absolute Gasteiger partial charge is 0.269 e. The number of aryl methyl sites for hydroxylation is 1. The Hall–Kier alpha value is -2.77. The van der Waals surface area contributed by atoms with Crippen LogP contribution in [0.15, 0.2) is 71.7 Å². The number of fused-ring (bicyclic) bond motifs is 2. The van der Waals surface area contributed by atoms with Crippen molar-refractivity contribution in [1.82, 2.24) is 4.31 Å². The van der Waals surface area contributed by atoms with Gasteiger partial charge in [-0.05, 0) is 48.2 Å². The summed E-state index contributed by atoms with van der Waals surface area (Å²) in [7, 11) is -3.63. The Labute approximate surface area is 170 Å². The van der Waals surface area contributed by atoms with Gasteiger partial charge in [0.25, 0.3) is 5.69 Å². The molecule has 7 heteroatoms. The molecular weight excluding hydrogens is 388 g/mol. The zero-order valence-electron chi connectivity index (χ0n) is 16.2. The van der Waals surface area contributed by atoms with Crippen molar-refractivity contribution in [2.24, 2.45) is 11.8 Å². The molecule has 0 N–H and O–H groups in total. The van der Waals surface area contributed by atoms with Crippen molar-refractivity contribution in [2.75, 3.05) is 6.54 Å². The highest BCUT2D eigenvalue weighted by molar-refractivity contribution is 7.89. The third-order valence-corrected chi connectivity index (χ3v) is 7.56. The van der Waals surface area contributed by atoms with Gasteiger partial charge in [0.1, 0.15) is 0 Å². The SMILES string of the molecule is Cc1ccc(S(=O)(=O)N2CC3C=CC(C)C2C=C3c2ccc([N+](=O)[O-])cc2)cc1. The molecule has 2 aliphatic heterocycles. The smallest absolute Gasteiger partial charge is 0.258 e. The molecule has 0 saturated heterocycles. The first kappa shape index (κ1) is 19.5. The molecule has 1 aliphatic carbocycles. The highest BCUT2D eigenvalue weighted by Gasteiger charge is 2.40. The maximum absolute atomic E-state index is 13.3. The van der Waals surface area contributed by atoms with E-state index in [-0.39, 0.29) is 23.6 Å². The zero-order chi connectivity index (χ0) is 20.8. The van der Waals surface area contributed by atoms with Crippen LogP contribution in [0.5, 0.6) is 0 Å². The van der Waals surface area contributed by atoms with Crippen LogP contribution in [0.1, 0.15) is 18.1 Å². The van der Waals surface area contributed by atoms with Crippen molar-refractivity contribution in [3.8, 4) is 0 Å². The number of nitro groups is 1. The van der Waals surface area contributed by atoms with Crippen LogP contribution >= 0.6 is 0 Å². The minimum atomic E-state index is -3.63. The molecule has 0 radical (unpaired) electrons. The number of rotatable bonds is 4. The van der Waals surface area contributed by atoms with Gasteiger partial charge < -0.3 is 0 Å². The molecule has 2 aromatic rings. The lowest BCUT2D eigenvalue weighted by Gasteiger charge is -2.37. The summed E-state index contributed by atoms with van der Waals surface area (Å²) >= 11 is 0. The van der Waals surface area contributed by atoms with Gasteiger partial charge in [0.2, 0.25) is 10.0 Å². The monoisotopic (exact) mass is 410 g/mol. The highest BCUT2D eigenvalue weighted by Crippen LogP contribution is 2.39. The van der Waals surface area contributed by atoms with Crippen molar-refractivity contribution in [1.29, 1.82) is 0 Å². The minimum Gasteiger partial charge on any atom is -0.258 e. The first-order valence-electron chi connectivity index (χ1n) is 9.51. The molecule has 0 spiro atoms. The van der Waals surface area contributed by atoms with E-state index in [1.165, 1.54) is 12.1 Å². The standard InChI is InChI=1S/C22H22N2O4S/c1-15-3-11-20(12-4-15)29(27,28)23-14-18-6-5-16(2)22(23)13-21(18)17-7-9-19(10-8-17)24(25)26/h3-13,16,18,22H,14H2,1-2H3. The number of sulfonamides is 1. The lowest BCUT2D eigenvalue weighted by atomic mass is 9.88. The summed E-state index contributed by atoms with van der Waals surface area (Å²) in [5.74, 6) is -0.0753. The molecule has 6 nitrogen and oxygen atoms in total. The third kappa shape index (κ3) is 3.52. The van der Waals surface area contributed by atoms with Crippen LogP contribution < -0.4 is 0 Å². The molecule has 2 heterocycles. The fourth-order valence-corrected chi connectivity index (χ4v) is 5.68. The second kappa shape index (κ2) is 7.24. The van der Waals surface area contributed by atoms with Crippen LogP contribution in [-0.2, 0) is 10.0 Å². The predicted molar refractivity (Wildman–Crippen MR) is 112 cm³/mol. The van der Waals surface area contributed by atoms with E-state index in [9.17, 15) is 18.5 Å². The third-order valence-electron chi connectivity index (χ3n) is 5.68. The Bertz CT molecular complexity index is 1100. The Balaban J connectivity index is 1.73. The maximum atomic E-state index is 13.3. The van der Waals surface area contributed by atoms with Crippen LogP contribution in [-0.4, -0.2) is 30.2 Å². The lowest BCUT2D eigenvalue weighted by molar-refractivity contribution is -0.384. The van der Waals surface area contributed by atoms with Gasteiger partial charge in [0.05, 0.1) is 9.82 Å². The van der Waals surface area contributed by atoms with Crippen LogP contribution in [0.25, 0.3) is 5.57 Å². The number of non-ortho nitro benzene ring substituents is 1. The fourth-order valence-electron chi connectivity index (χ4n) is 4.00. The number of nitrogens with zero attached hydrogens (tertiary/aromatic N) is 2. The van der Waals surface area contributed by atoms with Crippen molar-refractivity contribution < 1.29 is 13.3 Å². The average Bonchev–Trinajstić information content (AvgIpc) is 2.97. The molecule has 2 bridgehead atoms. The Morgan fingerprint density at radius 2 is 1.69 bits per heavy atom. The van der Waals surface area contributed by atoms with Gasteiger partial charge in [0, 0.05) is 30.6 Å². The van der Waals surface area contributed by atoms with E-state index in [0.29, 0.717) is 11.4 Å². The highest BCUT2D eigenvalue weighted by atomic mass is 32.2. The molecule has 0 fully saturated rings. The summed E-state index contributed by atoms with van der Waals surface area (Å²) < 4.78 is 28.3. The van der Waals surface area contributed by atoms with Crippen molar-refractivity contribution in [3.05, 3.63) is 88.0 Å². The average molecular weight is 410 g/mol. The molecule has 3 unspecified atom stereocenters. The van der Waals surface area contributed by atoms with Crippen molar-refractivity contribution in [2.45, 2.75) is 24.8 Å². The fraction of sp³-hybridized carbons (Fsp3) is 0.273. The van der Waals surface area contributed by atoms with Gasteiger partial charge >= 0.3 is 0 Å². The van der Waals surface area contributed by atoms with E-state index in [2.05, 4.69) is 12.2 Å².